The highest BCUT2D eigenvalue weighted by Crippen LogP contribution is 2.30. The van der Waals surface area contributed by atoms with Crippen LogP contribution in [-0.2, 0) is 9.53 Å². The highest BCUT2D eigenvalue weighted by molar-refractivity contribution is 5.76. The summed E-state index contributed by atoms with van der Waals surface area (Å²) >= 11 is 0. The van der Waals surface area contributed by atoms with Crippen molar-refractivity contribution in [3.8, 4) is 11.4 Å². The van der Waals surface area contributed by atoms with Crippen molar-refractivity contribution in [3.05, 3.63) is 36.2 Å². The van der Waals surface area contributed by atoms with Crippen molar-refractivity contribution in [2.75, 3.05) is 27.3 Å². The molecule has 2 aromatic rings. The molecule has 2 heterocycles. The van der Waals surface area contributed by atoms with E-state index in [2.05, 4.69) is 20.4 Å². The number of carbonyl (C=O) groups excluding carboxylic acids is 1. The van der Waals surface area contributed by atoms with Crippen LogP contribution in [0.3, 0.4) is 0 Å². The van der Waals surface area contributed by atoms with E-state index in [0.717, 1.165) is 18.5 Å². The fourth-order valence-electron chi connectivity index (χ4n) is 2.96. The lowest BCUT2D eigenvalue weighted by molar-refractivity contribution is -0.122. The molecule has 0 radical (unpaired) electrons. The van der Waals surface area contributed by atoms with E-state index in [4.69, 9.17) is 9.26 Å². The summed E-state index contributed by atoms with van der Waals surface area (Å²) in [5, 5.41) is 7.11. The van der Waals surface area contributed by atoms with Gasteiger partial charge < -0.3 is 14.6 Å². The van der Waals surface area contributed by atoms with Gasteiger partial charge in [-0.3, -0.25) is 9.69 Å². The molecular weight excluding hydrogens is 308 g/mol. The Labute approximate surface area is 141 Å². The maximum absolute atomic E-state index is 11.8. The number of hydrogen-bond donors (Lipinski definition) is 1. The van der Waals surface area contributed by atoms with Gasteiger partial charge in [0.1, 0.15) is 0 Å². The monoisotopic (exact) mass is 330 g/mol. The molecule has 0 bridgehead atoms. The fraction of sp³-hybridized carbons (Fsp3) is 0.471. The van der Waals surface area contributed by atoms with Crippen molar-refractivity contribution in [1.82, 2.24) is 20.4 Å². The molecule has 1 saturated heterocycles. The van der Waals surface area contributed by atoms with E-state index >= 15 is 0 Å². The molecule has 1 fully saturated rings. The second-order valence-corrected chi connectivity index (χ2v) is 6.02. The number of methoxy groups -OCH3 is 1. The number of ether oxygens (including phenoxy) is 1. The molecule has 0 spiro atoms. The Morgan fingerprint density at radius 2 is 2.21 bits per heavy atom. The van der Waals surface area contributed by atoms with Crippen LogP contribution in [0.25, 0.3) is 11.4 Å². The third-order valence-electron chi connectivity index (χ3n) is 4.21. The zero-order valence-electron chi connectivity index (χ0n) is 13.9. The minimum atomic E-state index is 0.00593. The molecule has 1 amide bonds. The number of likely N-dealkylation sites (N-methyl/N-ethyl adjacent to an activating group) is 1. The average Bonchev–Trinajstić information content (AvgIpc) is 3.20. The van der Waals surface area contributed by atoms with Crippen LogP contribution < -0.4 is 5.32 Å². The minimum Gasteiger partial charge on any atom is -0.384 e. The number of benzene rings is 1. The molecule has 1 aliphatic rings. The Morgan fingerprint density at radius 3 is 2.96 bits per heavy atom. The first-order chi connectivity index (χ1) is 11.7. The number of hydrogen-bond acceptors (Lipinski definition) is 6. The molecule has 2 atom stereocenters. The SMILES string of the molecule is COCCC(=O)NC1CC(c2nc(-c3ccccc3)no2)N(C)C1. The Hall–Kier alpha value is -2.25. The molecule has 7 heteroatoms. The van der Waals surface area contributed by atoms with Gasteiger partial charge in [-0.2, -0.15) is 4.98 Å². The molecule has 1 aromatic heterocycles. The van der Waals surface area contributed by atoms with Crippen LogP contribution in [0.2, 0.25) is 0 Å². The molecule has 1 aliphatic heterocycles. The predicted molar refractivity (Wildman–Crippen MR) is 88.1 cm³/mol. The third-order valence-corrected chi connectivity index (χ3v) is 4.21. The average molecular weight is 330 g/mol. The van der Waals surface area contributed by atoms with E-state index in [1.165, 1.54) is 0 Å². The van der Waals surface area contributed by atoms with Gasteiger partial charge in [0.05, 0.1) is 12.6 Å². The lowest BCUT2D eigenvalue weighted by Crippen LogP contribution is -2.36. The predicted octanol–water partition coefficient (Wildman–Crippen LogP) is 1.63. The number of nitrogens with zero attached hydrogens (tertiary/aromatic N) is 3. The Balaban J connectivity index is 1.63. The second-order valence-electron chi connectivity index (χ2n) is 6.02. The number of amides is 1. The normalized spacial score (nSPS) is 21.1. The van der Waals surface area contributed by atoms with Gasteiger partial charge in [0, 0.05) is 31.7 Å². The summed E-state index contributed by atoms with van der Waals surface area (Å²) in [6.45, 7) is 1.19. The number of likely N-dealkylation sites (tertiary alicyclic amines) is 1. The largest absolute Gasteiger partial charge is 0.384 e. The highest BCUT2D eigenvalue weighted by atomic mass is 16.5. The molecule has 0 aliphatic carbocycles. The summed E-state index contributed by atoms with van der Waals surface area (Å²) in [6, 6.07) is 9.83. The van der Waals surface area contributed by atoms with Gasteiger partial charge in [-0.25, -0.2) is 0 Å². The van der Waals surface area contributed by atoms with E-state index in [1.807, 2.05) is 37.4 Å². The van der Waals surface area contributed by atoms with Crippen molar-refractivity contribution >= 4 is 5.91 Å². The Morgan fingerprint density at radius 1 is 1.42 bits per heavy atom. The van der Waals surface area contributed by atoms with Crippen molar-refractivity contribution in [1.29, 1.82) is 0 Å². The number of aromatic nitrogens is 2. The van der Waals surface area contributed by atoms with E-state index in [0.29, 0.717) is 24.7 Å². The number of nitrogens with one attached hydrogen (secondary N) is 1. The number of rotatable bonds is 6. The van der Waals surface area contributed by atoms with Gasteiger partial charge in [0.25, 0.3) is 0 Å². The molecule has 0 saturated carbocycles. The summed E-state index contributed by atoms with van der Waals surface area (Å²) in [5.41, 5.74) is 0.928. The lowest BCUT2D eigenvalue weighted by Gasteiger charge is -2.14. The summed E-state index contributed by atoms with van der Waals surface area (Å²) in [4.78, 5) is 18.5. The zero-order chi connectivity index (χ0) is 16.9. The van der Waals surface area contributed by atoms with Crippen LogP contribution in [0.4, 0.5) is 0 Å². The second kappa shape index (κ2) is 7.55. The summed E-state index contributed by atoms with van der Waals surface area (Å²) in [5.74, 6) is 1.18. The Kier molecular flexibility index (Phi) is 5.22. The summed E-state index contributed by atoms with van der Waals surface area (Å²) < 4.78 is 10.4. The molecule has 2 unspecified atom stereocenters. The quantitative estimate of drug-likeness (QED) is 0.867. The fourth-order valence-corrected chi connectivity index (χ4v) is 2.96. The van der Waals surface area contributed by atoms with Gasteiger partial charge in [-0.15, -0.1) is 0 Å². The van der Waals surface area contributed by atoms with Crippen LogP contribution in [-0.4, -0.2) is 54.3 Å². The molecule has 1 aromatic carbocycles. The van der Waals surface area contributed by atoms with Gasteiger partial charge in [0.15, 0.2) is 0 Å². The van der Waals surface area contributed by atoms with E-state index in [9.17, 15) is 4.79 Å². The number of carbonyl (C=O) groups is 1. The first-order valence-corrected chi connectivity index (χ1v) is 8.05. The van der Waals surface area contributed by atoms with E-state index in [-0.39, 0.29) is 18.0 Å². The van der Waals surface area contributed by atoms with Gasteiger partial charge in [0.2, 0.25) is 17.6 Å². The maximum Gasteiger partial charge on any atom is 0.244 e. The van der Waals surface area contributed by atoms with Crippen LogP contribution in [0.5, 0.6) is 0 Å². The first-order valence-electron chi connectivity index (χ1n) is 8.05. The standard InChI is InChI=1S/C17H22N4O3/c1-21-11-13(18-15(22)8-9-23-2)10-14(21)17-19-16(20-24-17)12-6-4-3-5-7-12/h3-7,13-14H,8-11H2,1-2H3,(H,18,22). The molecule has 24 heavy (non-hydrogen) atoms. The zero-order valence-corrected chi connectivity index (χ0v) is 13.9. The van der Waals surface area contributed by atoms with Gasteiger partial charge >= 0.3 is 0 Å². The molecule has 3 rings (SSSR count). The molecule has 7 nitrogen and oxygen atoms in total. The van der Waals surface area contributed by atoms with Crippen LogP contribution >= 0.6 is 0 Å². The van der Waals surface area contributed by atoms with Gasteiger partial charge in [-0.1, -0.05) is 35.5 Å². The highest BCUT2D eigenvalue weighted by Gasteiger charge is 2.35. The minimum absolute atomic E-state index is 0.00593. The van der Waals surface area contributed by atoms with Crippen LogP contribution in [0.1, 0.15) is 24.8 Å². The lowest BCUT2D eigenvalue weighted by atomic mass is 10.1. The van der Waals surface area contributed by atoms with Crippen LogP contribution in [0.15, 0.2) is 34.9 Å². The molecule has 128 valence electrons. The van der Waals surface area contributed by atoms with Crippen molar-refractivity contribution < 1.29 is 14.1 Å². The first kappa shape index (κ1) is 16.6. The summed E-state index contributed by atoms with van der Waals surface area (Å²) in [6.07, 6.45) is 1.13. The van der Waals surface area contributed by atoms with Crippen LogP contribution in [0, 0.1) is 0 Å². The van der Waals surface area contributed by atoms with Crippen molar-refractivity contribution in [3.63, 3.8) is 0 Å². The molecule has 1 N–H and O–H groups in total. The molecular formula is C17H22N4O3. The van der Waals surface area contributed by atoms with E-state index in [1.54, 1.807) is 7.11 Å². The summed E-state index contributed by atoms with van der Waals surface area (Å²) in [7, 11) is 3.59. The smallest absolute Gasteiger partial charge is 0.244 e. The topological polar surface area (TPSA) is 80.5 Å². The van der Waals surface area contributed by atoms with Gasteiger partial charge in [-0.05, 0) is 13.5 Å². The Bertz CT molecular complexity index is 673. The maximum atomic E-state index is 11.8. The van der Waals surface area contributed by atoms with Crippen molar-refractivity contribution in [2.24, 2.45) is 0 Å². The van der Waals surface area contributed by atoms with E-state index < -0.39 is 0 Å². The van der Waals surface area contributed by atoms with Crippen molar-refractivity contribution in [2.45, 2.75) is 24.9 Å². The third kappa shape index (κ3) is 3.80.